The molecule has 0 saturated heterocycles. The molecule has 0 nitrogen and oxygen atoms in total. The van der Waals surface area contributed by atoms with E-state index in [2.05, 4.69) is 105 Å². The summed E-state index contributed by atoms with van der Waals surface area (Å²) < 4.78 is 0. The summed E-state index contributed by atoms with van der Waals surface area (Å²) in [6, 6.07) is 30.9. The van der Waals surface area contributed by atoms with Crippen molar-refractivity contribution in [2.24, 2.45) is 0 Å². The second-order valence-electron chi connectivity index (χ2n) is 12.2. The minimum Gasteiger partial charge on any atom is -0.0677 e. The molecule has 4 aliphatic rings. The molecule has 1 radical (unpaired) electrons. The number of benzene rings is 5. The molecule has 9 rings (SSSR count). The van der Waals surface area contributed by atoms with Crippen molar-refractivity contribution in [1.82, 2.24) is 0 Å². The van der Waals surface area contributed by atoms with E-state index in [9.17, 15) is 0 Å². The van der Waals surface area contributed by atoms with E-state index in [1.165, 1.54) is 47.6 Å². The lowest BCUT2D eigenvalue weighted by molar-refractivity contribution is 0.992. The van der Waals surface area contributed by atoms with Crippen molar-refractivity contribution in [3.05, 3.63) is 135 Å². The second-order valence-corrected chi connectivity index (χ2v) is 14.9. The van der Waals surface area contributed by atoms with Gasteiger partial charge < -0.3 is 0 Å². The molecule has 0 fully saturated rings. The summed E-state index contributed by atoms with van der Waals surface area (Å²) >= 11 is 0. The molecule has 0 amide bonds. The predicted octanol–water partition coefficient (Wildman–Crippen LogP) is 8.37. The first-order valence-electron chi connectivity index (χ1n) is 14.6. The molecule has 0 N–H and O–H groups in total. The highest BCUT2D eigenvalue weighted by Crippen LogP contribution is 2.51. The Labute approximate surface area is 232 Å². The Bertz CT molecular complexity index is 1810. The molecule has 5 aromatic rings. The van der Waals surface area contributed by atoms with E-state index in [0.717, 1.165) is 0 Å². The van der Waals surface area contributed by atoms with Crippen molar-refractivity contribution in [3.8, 4) is 0 Å². The fourth-order valence-corrected chi connectivity index (χ4v) is 12.5. The predicted molar refractivity (Wildman–Crippen MR) is 167 cm³/mol. The third-order valence-electron chi connectivity index (χ3n) is 10.1. The van der Waals surface area contributed by atoms with Gasteiger partial charge in [-0.2, -0.15) is 0 Å². The number of fused-ring (bicyclic) bond motifs is 4. The van der Waals surface area contributed by atoms with E-state index in [0.29, 0.717) is 11.1 Å². The summed E-state index contributed by atoms with van der Waals surface area (Å²) in [5.74, 6) is 0. The fourth-order valence-electron chi connectivity index (χ4n) is 8.61. The topological polar surface area (TPSA) is 0 Å². The fraction of sp³-hybridized carbons (Fsp3) is 0.211. The highest BCUT2D eigenvalue weighted by molar-refractivity contribution is 6.77. The SMILES string of the molecule is CC1=Cc2c(cc3c4c(cccc24)CC3)C1[Si](c1ccccc1)C1C(C)=Cc2c1cc1c3c(cccc23)CC1. The molecular weight excluding hydrogens is 485 g/mol. The maximum absolute atomic E-state index is 2.63. The molecule has 0 spiro atoms. The van der Waals surface area contributed by atoms with Crippen LogP contribution < -0.4 is 5.19 Å². The lowest BCUT2D eigenvalue weighted by Crippen LogP contribution is -2.43. The van der Waals surface area contributed by atoms with Crippen molar-refractivity contribution >= 4 is 47.7 Å². The van der Waals surface area contributed by atoms with Gasteiger partial charge in [0.1, 0.15) is 8.80 Å². The number of allylic oxidation sites excluding steroid dienone is 2. The van der Waals surface area contributed by atoms with Gasteiger partial charge in [0.25, 0.3) is 0 Å². The van der Waals surface area contributed by atoms with Crippen molar-refractivity contribution in [1.29, 1.82) is 0 Å². The van der Waals surface area contributed by atoms with Gasteiger partial charge in [0.2, 0.25) is 0 Å². The van der Waals surface area contributed by atoms with Crippen LogP contribution in [-0.2, 0) is 25.7 Å². The molecule has 0 saturated carbocycles. The van der Waals surface area contributed by atoms with Crippen LogP contribution in [0.3, 0.4) is 0 Å². The Morgan fingerprint density at radius 2 is 1.03 bits per heavy atom. The molecule has 0 aliphatic heterocycles. The summed E-state index contributed by atoms with van der Waals surface area (Å²) in [6.45, 7) is 4.83. The normalized spacial score (nSPS) is 20.2. The van der Waals surface area contributed by atoms with Crippen molar-refractivity contribution in [2.45, 2.75) is 50.6 Å². The summed E-state index contributed by atoms with van der Waals surface area (Å²) in [5, 5.41) is 7.62. The quantitative estimate of drug-likeness (QED) is 0.212. The second kappa shape index (κ2) is 7.93. The van der Waals surface area contributed by atoms with E-state index >= 15 is 0 Å². The zero-order valence-electron chi connectivity index (χ0n) is 22.6. The van der Waals surface area contributed by atoms with Gasteiger partial charge in [-0.25, -0.2) is 0 Å². The van der Waals surface area contributed by atoms with Crippen LogP contribution >= 0.6 is 0 Å². The number of aryl methyl sites for hydroxylation is 4. The first-order chi connectivity index (χ1) is 19.2. The van der Waals surface area contributed by atoms with Gasteiger partial charge in [0, 0.05) is 11.1 Å². The molecule has 2 unspecified atom stereocenters. The van der Waals surface area contributed by atoms with Gasteiger partial charge >= 0.3 is 0 Å². The molecule has 39 heavy (non-hydrogen) atoms. The average Bonchev–Trinajstić information content (AvgIpc) is 3.72. The van der Waals surface area contributed by atoms with Gasteiger partial charge in [0.05, 0.1) is 0 Å². The lowest BCUT2D eigenvalue weighted by atomic mass is 9.96. The number of hydrogen-bond acceptors (Lipinski definition) is 0. The minimum atomic E-state index is -1.09. The van der Waals surface area contributed by atoms with Gasteiger partial charge in [0.15, 0.2) is 0 Å². The third kappa shape index (κ3) is 2.94. The Balaban J connectivity index is 1.29. The highest BCUT2D eigenvalue weighted by atomic mass is 28.3. The van der Waals surface area contributed by atoms with E-state index in [4.69, 9.17) is 0 Å². The smallest absolute Gasteiger partial charge is 0.0677 e. The molecule has 1 heteroatoms. The van der Waals surface area contributed by atoms with E-state index in [-0.39, 0.29) is 0 Å². The molecule has 0 bridgehead atoms. The molecule has 0 heterocycles. The van der Waals surface area contributed by atoms with Crippen molar-refractivity contribution in [3.63, 3.8) is 0 Å². The first kappa shape index (κ1) is 22.2. The maximum Gasteiger partial charge on any atom is 0.110 e. The van der Waals surface area contributed by atoms with Gasteiger partial charge in [-0.3, -0.25) is 0 Å². The summed E-state index contributed by atoms with van der Waals surface area (Å²) in [5.41, 5.74) is 16.5. The summed E-state index contributed by atoms with van der Waals surface area (Å²) in [6.07, 6.45) is 9.85. The van der Waals surface area contributed by atoms with Crippen LogP contribution in [0.1, 0.15) is 69.4 Å². The standard InChI is InChI=1S/C38H31Si/c1-22-18-31-29-12-6-8-24-14-16-26(35(24)29)20-33(31)37(22)39(28-10-4-3-5-11-28)38-23(2)19-32-30-13-7-9-25-15-17-27(36(25)30)21-34(32)38/h3-13,18-21,37-38H,14-17H2,1-2H3. The molecule has 4 aliphatic carbocycles. The minimum absolute atomic E-state index is 0.479. The average molecular weight is 516 g/mol. The van der Waals surface area contributed by atoms with Crippen LogP contribution in [0, 0.1) is 0 Å². The van der Waals surface area contributed by atoms with Crippen LogP contribution in [0.5, 0.6) is 0 Å². The Morgan fingerprint density at radius 3 is 1.54 bits per heavy atom. The largest absolute Gasteiger partial charge is 0.110 e. The summed E-state index contributed by atoms with van der Waals surface area (Å²) in [7, 11) is -1.09. The monoisotopic (exact) mass is 515 g/mol. The Morgan fingerprint density at radius 1 is 0.538 bits per heavy atom. The van der Waals surface area contributed by atoms with E-state index in [1.807, 2.05) is 0 Å². The van der Waals surface area contributed by atoms with Crippen molar-refractivity contribution in [2.75, 3.05) is 0 Å². The molecule has 187 valence electrons. The van der Waals surface area contributed by atoms with Crippen LogP contribution in [0.4, 0.5) is 0 Å². The van der Waals surface area contributed by atoms with Crippen LogP contribution in [-0.4, -0.2) is 8.80 Å². The maximum atomic E-state index is 2.63. The van der Waals surface area contributed by atoms with Gasteiger partial charge in [-0.1, -0.05) is 107 Å². The van der Waals surface area contributed by atoms with Crippen LogP contribution in [0.2, 0.25) is 0 Å². The zero-order valence-corrected chi connectivity index (χ0v) is 23.6. The van der Waals surface area contributed by atoms with Gasteiger partial charge in [-0.15, -0.1) is 0 Å². The Kier molecular flexibility index (Phi) is 4.51. The molecular formula is C38H31Si. The Hall–Kier alpha value is -3.68. The first-order valence-corrected chi connectivity index (χ1v) is 16.3. The van der Waals surface area contributed by atoms with Gasteiger partial charge in [-0.05, 0) is 106 Å². The molecule has 0 aromatic heterocycles. The van der Waals surface area contributed by atoms with Crippen molar-refractivity contribution < 1.29 is 0 Å². The number of rotatable bonds is 3. The molecule has 2 atom stereocenters. The zero-order chi connectivity index (χ0) is 25.8. The van der Waals surface area contributed by atoms with Crippen LogP contribution in [0.15, 0.2) is 90.0 Å². The lowest BCUT2D eigenvalue weighted by Gasteiger charge is -2.32. The van der Waals surface area contributed by atoms with E-state index in [1.54, 1.807) is 60.5 Å². The number of hydrogen-bond donors (Lipinski definition) is 0. The van der Waals surface area contributed by atoms with Crippen LogP contribution in [0.25, 0.3) is 33.7 Å². The highest BCUT2D eigenvalue weighted by Gasteiger charge is 2.43. The summed E-state index contributed by atoms with van der Waals surface area (Å²) in [4.78, 5) is 0. The third-order valence-corrected chi connectivity index (χ3v) is 13.9. The molecule has 5 aromatic carbocycles. The van der Waals surface area contributed by atoms with E-state index < -0.39 is 8.80 Å².